The van der Waals surface area contributed by atoms with Gasteiger partial charge in [-0.05, 0) is 41.4 Å². The summed E-state index contributed by atoms with van der Waals surface area (Å²) in [5, 5.41) is 14.8. The van der Waals surface area contributed by atoms with E-state index in [1.54, 1.807) is 23.5 Å². The summed E-state index contributed by atoms with van der Waals surface area (Å²) >= 11 is 3.15. The van der Waals surface area contributed by atoms with Crippen molar-refractivity contribution in [2.45, 2.75) is 23.6 Å². The normalized spacial score (nSPS) is 16.4. The molecule has 0 bridgehead atoms. The van der Waals surface area contributed by atoms with E-state index in [9.17, 15) is 14.9 Å². The molecule has 0 saturated carbocycles. The van der Waals surface area contributed by atoms with Gasteiger partial charge in [-0.2, -0.15) is 11.3 Å². The van der Waals surface area contributed by atoms with Crippen molar-refractivity contribution in [3.63, 3.8) is 0 Å². The predicted octanol–water partition coefficient (Wildman–Crippen LogP) is 3.48. The van der Waals surface area contributed by atoms with Crippen LogP contribution in [-0.2, 0) is 11.3 Å². The van der Waals surface area contributed by atoms with Crippen molar-refractivity contribution in [3.8, 4) is 0 Å². The number of non-ortho nitro benzene ring substituents is 1. The molecule has 0 aliphatic carbocycles. The molecule has 2 heterocycles. The van der Waals surface area contributed by atoms with Gasteiger partial charge in [0.1, 0.15) is 0 Å². The summed E-state index contributed by atoms with van der Waals surface area (Å²) in [6.45, 7) is 6.10. The van der Waals surface area contributed by atoms with Crippen molar-refractivity contribution in [1.82, 2.24) is 9.80 Å². The fourth-order valence-electron chi connectivity index (χ4n) is 2.93. The Hall–Kier alpha value is -1.90. The first-order chi connectivity index (χ1) is 12.5. The lowest BCUT2D eigenvalue weighted by Crippen LogP contribution is -2.50. The van der Waals surface area contributed by atoms with Gasteiger partial charge in [0.15, 0.2) is 0 Å². The van der Waals surface area contributed by atoms with Crippen LogP contribution in [0.5, 0.6) is 0 Å². The third-order valence-electron chi connectivity index (χ3n) is 4.38. The second-order valence-corrected chi connectivity index (χ2v) is 8.44. The summed E-state index contributed by atoms with van der Waals surface area (Å²) in [6, 6.07) is 8.49. The molecule has 138 valence electrons. The molecule has 0 unspecified atom stereocenters. The van der Waals surface area contributed by atoms with Crippen molar-refractivity contribution >= 4 is 34.7 Å². The number of nitrogens with zero attached hydrogens (tertiary/aromatic N) is 3. The minimum Gasteiger partial charge on any atom is -0.339 e. The zero-order chi connectivity index (χ0) is 18.5. The Balaban J connectivity index is 1.48. The summed E-state index contributed by atoms with van der Waals surface area (Å²) in [6.07, 6.45) is 0. The Morgan fingerprint density at radius 1 is 1.23 bits per heavy atom. The van der Waals surface area contributed by atoms with Crippen molar-refractivity contribution in [1.29, 1.82) is 0 Å². The van der Waals surface area contributed by atoms with E-state index in [-0.39, 0.29) is 16.8 Å². The number of hydrogen-bond donors (Lipinski definition) is 0. The molecule has 3 rings (SSSR count). The molecule has 1 saturated heterocycles. The number of carbonyl (C=O) groups excluding carboxylic acids is 1. The number of benzene rings is 1. The number of hydrogen-bond acceptors (Lipinski definition) is 6. The average molecular weight is 392 g/mol. The van der Waals surface area contributed by atoms with Crippen LogP contribution >= 0.6 is 23.1 Å². The van der Waals surface area contributed by atoms with E-state index in [0.29, 0.717) is 0 Å². The highest BCUT2D eigenvalue weighted by Crippen LogP contribution is 2.26. The molecule has 1 amide bonds. The van der Waals surface area contributed by atoms with E-state index in [2.05, 4.69) is 21.7 Å². The minimum atomic E-state index is -0.418. The van der Waals surface area contributed by atoms with Crippen molar-refractivity contribution in [2.75, 3.05) is 26.2 Å². The molecule has 1 fully saturated rings. The van der Waals surface area contributed by atoms with Crippen LogP contribution in [0.15, 0.2) is 46.0 Å². The van der Waals surface area contributed by atoms with Crippen LogP contribution in [0.3, 0.4) is 0 Å². The number of thioether (sulfide) groups is 1. The lowest BCUT2D eigenvalue weighted by Gasteiger charge is -2.35. The monoisotopic (exact) mass is 391 g/mol. The highest BCUT2D eigenvalue weighted by molar-refractivity contribution is 8.00. The molecule has 1 atom stereocenters. The second-order valence-electron chi connectivity index (χ2n) is 6.24. The SMILES string of the molecule is C[C@@H](Sc1ccc([N+](=O)[O-])cc1)C(=O)N1CCN(Cc2ccsc2)CC1. The van der Waals surface area contributed by atoms with Crippen LogP contribution in [0, 0.1) is 10.1 Å². The summed E-state index contributed by atoms with van der Waals surface area (Å²) in [5.74, 6) is 0.128. The van der Waals surface area contributed by atoms with E-state index in [1.807, 2.05) is 11.8 Å². The van der Waals surface area contributed by atoms with Crippen LogP contribution < -0.4 is 0 Å². The van der Waals surface area contributed by atoms with Crippen LogP contribution in [0.4, 0.5) is 5.69 Å². The highest BCUT2D eigenvalue weighted by atomic mass is 32.2. The van der Waals surface area contributed by atoms with Crippen LogP contribution in [0.25, 0.3) is 0 Å². The Bertz CT molecular complexity index is 742. The van der Waals surface area contributed by atoms with Crippen molar-refractivity contribution in [2.24, 2.45) is 0 Å². The smallest absolute Gasteiger partial charge is 0.269 e. The number of rotatable bonds is 6. The van der Waals surface area contributed by atoms with Gasteiger partial charge in [-0.25, -0.2) is 0 Å². The molecule has 1 aliphatic heterocycles. The lowest BCUT2D eigenvalue weighted by molar-refractivity contribution is -0.384. The van der Waals surface area contributed by atoms with Gasteiger partial charge in [0.05, 0.1) is 10.2 Å². The van der Waals surface area contributed by atoms with Crippen molar-refractivity contribution < 1.29 is 9.72 Å². The zero-order valence-corrected chi connectivity index (χ0v) is 16.2. The molecular formula is C18H21N3O3S2. The van der Waals surface area contributed by atoms with E-state index in [1.165, 1.54) is 29.5 Å². The minimum absolute atomic E-state index is 0.0649. The fourth-order valence-corrected chi connectivity index (χ4v) is 4.54. The Labute approximate surface area is 160 Å². The molecule has 26 heavy (non-hydrogen) atoms. The highest BCUT2D eigenvalue weighted by Gasteiger charge is 2.25. The van der Waals surface area contributed by atoms with Crippen molar-refractivity contribution in [3.05, 3.63) is 56.8 Å². The van der Waals surface area contributed by atoms with E-state index in [0.717, 1.165) is 37.6 Å². The van der Waals surface area contributed by atoms with Gasteiger partial charge in [0.25, 0.3) is 5.69 Å². The third-order valence-corrected chi connectivity index (χ3v) is 6.21. The molecule has 0 radical (unpaired) electrons. The number of nitro benzene ring substituents is 1. The van der Waals surface area contributed by atoms with E-state index >= 15 is 0 Å². The van der Waals surface area contributed by atoms with Crippen LogP contribution in [0.1, 0.15) is 12.5 Å². The molecule has 1 aromatic carbocycles. The molecule has 2 aromatic rings. The summed E-state index contributed by atoms with van der Waals surface area (Å²) in [4.78, 5) is 28.1. The van der Waals surface area contributed by atoms with Gasteiger partial charge in [0, 0.05) is 49.8 Å². The fraction of sp³-hybridized carbons (Fsp3) is 0.389. The standard InChI is InChI=1S/C18H21N3O3S2/c1-14(26-17-4-2-16(3-5-17)21(23)24)18(22)20-9-7-19(8-10-20)12-15-6-11-25-13-15/h2-6,11,13-14H,7-10,12H2,1H3/t14-/m1/s1. The largest absolute Gasteiger partial charge is 0.339 e. The Kier molecular flexibility index (Phi) is 6.29. The zero-order valence-electron chi connectivity index (χ0n) is 14.5. The first kappa shape index (κ1) is 18.9. The third kappa shape index (κ3) is 4.84. The predicted molar refractivity (Wildman–Crippen MR) is 105 cm³/mol. The van der Waals surface area contributed by atoms with Gasteiger partial charge in [-0.1, -0.05) is 0 Å². The molecule has 0 spiro atoms. The van der Waals surface area contributed by atoms with Crippen LogP contribution in [-0.4, -0.2) is 52.1 Å². The molecular weight excluding hydrogens is 370 g/mol. The number of amides is 1. The molecule has 1 aliphatic rings. The topological polar surface area (TPSA) is 66.7 Å². The number of nitro groups is 1. The summed E-state index contributed by atoms with van der Waals surface area (Å²) in [5.41, 5.74) is 1.40. The van der Waals surface area contributed by atoms with Gasteiger partial charge in [-0.15, -0.1) is 11.8 Å². The van der Waals surface area contributed by atoms with Crippen LogP contribution in [0.2, 0.25) is 0 Å². The molecule has 1 aromatic heterocycles. The van der Waals surface area contributed by atoms with E-state index in [4.69, 9.17) is 0 Å². The average Bonchev–Trinajstić information content (AvgIpc) is 3.15. The molecule has 8 heteroatoms. The van der Waals surface area contributed by atoms with Gasteiger partial charge in [-0.3, -0.25) is 19.8 Å². The maximum Gasteiger partial charge on any atom is 0.269 e. The van der Waals surface area contributed by atoms with Gasteiger partial charge < -0.3 is 4.90 Å². The van der Waals surface area contributed by atoms with Gasteiger partial charge >= 0.3 is 0 Å². The lowest BCUT2D eigenvalue weighted by atomic mass is 10.2. The Morgan fingerprint density at radius 3 is 2.50 bits per heavy atom. The summed E-state index contributed by atoms with van der Waals surface area (Å²) in [7, 11) is 0. The first-order valence-electron chi connectivity index (χ1n) is 8.46. The quantitative estimate of drug-likeness (QED) is 0.428. The molecule has 6 nitrogen and oxygen atoms in total. The second kappa shape index (κ2) is 8.66. The maximum absolute atomic E-state index is 12.7. The van der Waals surface area contributed by atoms with Gasteiger partial charge in [0.2, 0.25) is 5.91 Å². The Morgan fingerprint density at radius 2 is 1.92 bits per heavy atom. The number of piperazine rings is 1. The van der Waals surface area contributed by atoms with E-state index < -0.39 is 4.92 Å². The summed E-state index contributed by atoms with van der Waals surface area (Å²) < 4.78 is 0. The molecule has 0 N–H and O–H groups in total. The maximum atomic E-state index is 12.7. The number of carbonyl (C=O) groups is 1. The first-order valence-corrected chi connectivity index (χ1v) is 10.3. The number of thiophene rings is 1.